The molecule has 104 valence electrons. The zero-order chi connectivity index (χ0) is 15.2. The van der Waals surface area contributed by atoms with Crippen LogP contribution in [0, 0.1) is 22.7 Å². The lowest BCUT2D eigenvalue weighted by atomic mass is 10.2. The van der Waals surface area contributed by atoms with E-state index in [4.69, 9.17) is 10.5 Å². The van der Waals surface area contributed by atoms with Gasteiger partial charge in [0.05, 0.1) is 17.0 Å². The molecule has 0 aliphatic carbocycles. The smallest absolute Gasteiger partial charge is 0.255 e. The molecule has 1 N–H and O–H groups in total. The second-order valence-electron chi connectivity index (χ2n) is 3.71. The fourth-order valence-electron chi connectivity index (χ4n) is 1.45. The molecule has 8 heteroatoms. The predicted octanol–water partition coefficient (Wildman–Crippen LogP) is 0.0841. The van der Waals surface area contributed by atoms with E-state index in [1.807, 2.05) is 0 Å². The topological polar surface area (TPSA) is 114 Å². The van der Waals surface area contributed by atoms with Crippen LogP contribution in [0.25, 0.3) is 0 Å². The molecule has 1 rings (SSSR count). The van der Waals surface area contributed by atoms with Crippen LogP contribution in [0.3, 0.4) is 0 Å². The Morgan fingerprint density at radius 2 is 1.70 bits per heavy atom. The van der Waals surface area contributed by atoms with Gasteiger partial charge in [-0.25, -0.2) is 13.1 Å². The van der Waals surface area contributed by atoms with Crippen LogP contribution in [0.2, 0.25) is 0 Å². The van der Waals surface area contributed by atoms with E-state index >= 15 is 0 Å². The van der Waals surface area contributed by atoms with Gasteiger partial charge in [-0.1, -0.05) is 0 Å². The van der Waals surface area contributed by atoms with Gasteiger partial charge in [0.1, 0.15) is 13.1 Å². The first kappa shape index (κ1) is 15.6. The normalized spacial score (nSPS) is 10.3. The molecule has 1 aromatic rings. The van der Waals surface area contributed by atoms with Crippen molar-refractivity contribution in [3.8, 4) is 12.1 Å². The Bertz CT molecular complexity index is 652. The van der Waals surface area contributed by atoms with Gasteiger partial charge in [-0.2, -0.15) is 10.5 Å². The summed E-state index contributed by atoms with van der Waals surface area (Å²) in [5, 5.41) is 17.2. The number of carbonyl (C=O) groups is 1. The number of rotatable bonds is 5. The molecule has 1 amide bonds. The van der Waals surface area contributed by atoms with E-state index < -0.39 is 15.9 Å². The Morgan fingerprint density at radius 1 is 1.20 bits per heavy atom. The van der Waals surface area contributed by atoms with Crippen molar-refractivity contribution >= 4 is 15.9 Å². The number of hydrogen-bond acceptors (Lipinski definition) is 5. The number of amides is 1. The van der Waals surface area contributed by atoms with Gasteiger partial charge in [0.25, 0.3) is 5.91 Å². The number of sulfonamides is 1. The maximum absolute atomic E-state index is 12.0. The Labute approximate surface area is 117 Å². The summed E-state index contributed by atoms with van der Waals surface area (Å²) >= 11 is 0. The number of nitriles is 2. The summed E-state index contributed by atoms with van der Waals surface area (Å²) in [6, 6.07) is 8.85. The van der Waals surface area contributed by atoms with E-state index in [1.165, 1.54) is 31.3 Å². The van der Waals surface area contributed by atoms with Crippen LogP contribution >= 0.6 is 0 Å². The maximum Gasteiger partial charge on any atom is 0.255 e. The third-order valence-corrected chi connectivity index (χ3v) is 3.92. The molecule has 0 aliphatic heterocycles. The molecule has 0 saturated heterocycles. The van der Waals surface area contributed by atoms with Gasteiger partial charge in [-0.05, 0) is 31.3 Å². The number of nitrogens with one attached hydrogen (secondary N) is 1. The number of carbonyl (C=O) groups excluding carboxylic acids is 1. The molecule has 0 aromatic heterocycles. The van der Waals surface area contributed by atoms with Gasteiger partial charge in [0, 0.05) is 5.56 Å². The molecule has 0 atom stereocenters. The molecule has 0 aliphatic rings. The molecular weight excluding hydrogens is 280 g/mol. The summed E-state index contributed by atoms with van der Waals surface area (Å²) in [7, 11) is -2.27. The van der Waals surface area contributed by atoms with Crippen molar-refractivity contribution in [2.24, 2.45) is 0 Å². The maximum atomic E-state index is 12.0. The van der Waals surface area contributed by atoms with E-state index in [-0.39, 0.29) is 23.5 Å². The second-order valence-corrected chi connectivity index (χ2v) is 5.60. The van der Waals surface area contributed by atoms with Crippen molar-refractivity contribution < 1.29 is 13.2 Å². The van der Waals surface area contributed by atoms with Crippen molar-refractivity contribution in [1.29, 1.82) is 10.5 Å². The summed E-state index contributed by atoms with van der Waals surface area (Å²) in [5.41, 5.74) is 0.213. The minimum absolute atomic E-state index is 0.0312. The summed E-state index contributed by atoms with van der Waals surface area (Å²) in [4.78, 5) is 13.1. The highest BCUT2D eigenvalue weighted by Gasteiger charge is 2.17. The Morgan fingerprint density at radius 3 is 2.10 bits per heavy atom. The molecule has 0 unspecified atom stereocenters. The van der Waals surface area contributed by atoms with Crippen molar-refractivity contribution in [2.45, 2.75) is 4.90 Å². The highest BCUT2D eigenvalue weighted by atomic mass is 32.2. The summed E-state index contributed by atoms with van der Waals surface area (Å²) < 4.78 is 25.2. The molecule has 7 nitrogen and oxygen atoms in total. The number of benzene rings is 1. The van der Waals surface area contributed by atoms with E-state index in [1.54, 1.807) is 12.1 Å². The zero-order valence-corrected chi connectivity index (χ0v) is 11.5. The largest absolute Gasteiger partial charge is 0.312 e. The van der Waals surface area contributed by atoms with Crippen molar-refractivity contribution in [3.05, 3.63) is 29.8 Å². The third kappa shape index (κ3) is 3.54. The summed E-state index contributed by atoms with van der Waals surface area (Å²) in [5.74, 6) is -0.499. The molecule has 0 spiro atoms. The van der Waals surface area contributed by atoms with E-state index in [0.717, 1.165) is 4.90 Å². The predicted molar refractivity (Wildman–Crippen MR) is 69.8 cm³/mol. The Balaban J connectivity index is 3.02. The first-order valence-corrected chi connectivity index (χ1v) is 7.01. The molecule has 0 fully saturated rings. The van der Waals surface area contributed by atoms with E-state index in [9.17, 15) is 13.2 Å². The fourth-order valence-corrected chi connectivity index (χ4v) is 2.18. The van der Waals surface area contributed by atoms with Gasteiger partial charge >= 0.3 is 0 Å². The molecule has 0 heterocycles. The molecule has 0 radical (unpaired) electrons. The van der Waals surface area contributed by atoms with Crippen molar-refractivity contribution in [2.75, 3.05) is 20.1 Å². The van der Waals surface area contributed by atoms with Crippen LogP contribution in [0.1, 0.15) is 10.4 Å². The van der Waals surface area contributed by atoms with Crippen LogP contribution in [0.5, 0.6) is 0 Å². The van der Waals surface area contributed by atoms with Gasteiger partial charge in [0.2, 0.25) is 10.0 Å². The van der Waals surface area contributed by atoms with Crippen LogP contribution in [-0.2, 0) is 10.0 Å². The summed E-state index contributed by atoms with van der Waals surface area (Å²) in [6.45, 7) is -0.411. The zero-order valence-electron chi connectivity index (χ0n) is 10.7. The Kier molecular flexibility index (Phi) is 5.21. The monoisotopic (exact) mass is 292 g/mol. The highest BCUT2D eigenvalue weighted by molar-refractivity contribution is 7.89. The molecule has 20 heavy (non-hydrogen) atoms. The fraction of sp³-hybridized carbons (Fsp3) is 0.250. The minimum atomic E-state index is -3.56. The average Bonchev–Trinajstić information content (AvgIpc) is 2.46. The van der Waals surface area contributed by atoms with E-state index in [2.05, 4.69) is 4.72 Å². The van der Waals surface area contributed by atoms with Crippen LogP contribution in [-0.4, -0.2) is 39.4 Å². The van der Waals surface area contributed by atoms with Crippen LogP contribution in [0.15, 0.2) is 29.2 Å². The quantitative estimate of drug-likeness (QED) is 0.772. The van der Waals surface area contributed by atoms with Crippen LogP contribution in [0.4, 0.5) is 0 Å². The molecule has 0 bridgehead atoms. The van der Waals surface area contributed by atoms with Crippen LogP contribution < -0.4 is 4.72 Å². The highest BCUT2D eigenvalue weighted by Crippen LogP contribution is 2.11. The lowest BCUT2D eigenvalue weighted by Gasteiger charge is -2.15. The van der Waals surface area contributed by atoms with Gasteiger partial charge in [-0.15, -0.1) is 0 Å². The minimum Gasteiger partial charge on any atom is -0.312 e. The first-order valence-electron chi connectivity index (χ1n) is 5.53. The van der Waals surface area contributed by atoms with Crippen molar-refractivity contribution in [3.63, 3.8) is 0 Å². The second kappa shape index (κ2) is 6.66. The standard InChI is InChI=1S/C12H12N4O3S/c1-15-20(18,19)11-4-2-10(3-5-11)12(17)16(8-6-13)9-7-14/h2-5,15H,8-9H2,1H3. The Hall–Kier alpha value is -2.42. The summed E-state index contributed by atoms with van der Waals surface area (Å²) in [6.07, 6.45) is 0. The first-order chi connectivity index (χ1) is 9.46. The lowest BCUT2D eigenvalue weighted by Crippen LogP contribution is -2.31. The number of nitrogens with zero attached hydrogens (tertiary/aromatic N) is 3. The number of hydrogen-bond donors (Lipinski definition) is 1. The van der Waals surface area contributed by atoms with Gasteiger partial charge in [-0.3, -0.25) is 4.79 Å². The molecule has 0 saturated carbocycles. The van der Waals surface area contributed by atoms with Gasteiger partial charge in [0.15, 0.2) is 0 Å². The molecular formula is C12H12N4O3S. The lowest BCUT2D eigenvalue weighted by molar-refractivity contribution is 0.0794. The SMILES string of the molecule is CNS(=O)(=O)c1ccc(C(=O)N(CC#N)CC#N)cc1. The van der Waals surface area contributed by atoms with Crippen molar-refractivity contribution in [1.82, 2.24) is 9.62 Å². The van der Waals surface area contributed by atoms with E-state index in [0.29, 0.717) is 0 Å². The third-order valence-electron chi connectivity index (χ3n) is 2.49. The van der Waals surface area contributed by atoms with Gasteiger partial charge < -0.3 is 4.90 Å². The average molecular weight is 292 g/mol. The molecule has 1 aromatic carbocycles.